The number of carboxylic acid groups (broad SMARTS) is 1. The molecule has 2 aliphatic carbocycles. The third-order valence-electron chi connectivity index (χ3n) is 13.1. The van der Waals surface area contributed by atoms with E-state index in [9.17, 15) is 26.4 Å². The SMILES string of the molecule is CC[N+](CC)(CC)CCO[C@H]1/C=C/C[C@H](C)[C@@H](C)S(=O)(=O)NC(=O)c2ccc3c(c2)N(C[C@@H]2CC[C@H]21)C[C@@]1(CCCc2cc(Cl)ccc21)CO3.O=C(O)C(F)(F)F. The van der Waals surface area contributed by atoms with Gasteiger partial charge in [0.2, 0.25) is 10.0 Å². The Hall–Kier alpha value is -3.33. The van der Waals surface area contributed by atoms with Crippen LogP contribution >= 0.6 is 11.6 Å². The van der Waals surface area contributed by atoms with Crippen molar-refractivity contribution in [3.8, 4) is 5.75 Å². The molecule has 6 atom stereocenters. The van der Waals surface area contributed by atoms with Gasteiger partial charge in [-0.25, -0.2) is 17.9 Å². The smallest absolute Gasteiger partial charge is 0.490 e. The lowest BCUT2D eigenvalue weighted by atomic mass is 9.68. The Morgan fingerprint density at radius 3 is 2.44 bits per heavy atom. The van der Waals surface area contributed by atoms with Gasteiger partial charge in [-0.15, -0.1) is 0 Å². The zero-order chi connectivity index (χ0) is 41.8. The molecule has 4 aliphatic rings. The second kappa shape index (κ2) is 18.3. The normalized spacial score (nSPS) is 27.9. The maximum Gasteiger partial charge on any atom is 0.490 e. The molecule has 0 radical (unpaired) electrons. The number of nitrogens with zero attached hydrogens (tertiary/aromatic N) is 2. The van der Waals surface area contributed by atoms with Gasteiger partial charge in [-0.2, -0.15) is 13.2 Å². The van der Waals surface area contributed by atoms with Gasteiger partial charge in [0.15, 0.2) is 0 Å². The summed E-state index contributed by atoms with van der Waals surface area (Å²) in [5, 5.41) is 7.12. The lowest BCUT2D eigenvalue weighted by molar-refractivity contribution is -0.923. The van der Waals surface area contributed by atoms with Crippen molar-refractivity contribution in [2.45, 2.75) is 96.1 Å². The van der Waals surface area contributed by atoms with Gasteiger partial charge in [0.05, 0.1) is 49.9 Å². The van der Waals surface area contributed by atoms with E-state index in [1.807, 2.05) is 25.1 Å². The molecule has 2 aliphatic heterocycles. The topological polar surface area (TPSA) is 122 Å². The third-order valence-corrected chi connectivity index (χ3v) is 15.3. The van der Waals surface area contributed by atoms with E-state index in [0.717, 1.165) is 92.3 Å². The van der Waals surface area contributed by atoms with Gasteiger partial charge in [0.1, 0.15) is 12.3 Å². The fourth-order valence-electron chi connectivity index (χ4n) is 8.85. The average molecular weight is 841 g/mol. The van der Waals surface area contributed by atoms with Crippen LogP contribution in [0.3, 0.4) is 0 Å². The van der Waals surface area contributed by atoms with Gasteiger partial charge < -0.3 is 24.0 Å². The number of alkyl halides is 3. The summed E-state index contributed by atoms with van der Waals surface area (Å²) >= 11 is 6.47. The summed E-state index contributed by atoms with van der Waals surface area (Å²) in [4.78, 5) is 24.9. The maximum atomic E-state index is 13.6. The number of ether oxygens (including phenoxy) is 2. The predicted octanol–water partition coefficient (Wildman–Crippen LogP) is 7.78. The minimum atomic E-state index is -5.08. The summed E-state index contributed by atoms with van der Waals surface area (Å²) < 4.78 is 75.6. The molecule has 10 nitrogen and oxygen atoms in total. The number of amides is 1. The summed E-state index contributed by atoms with van der Waals surface area (Å²) in [6.07, 6.45) is 4.99. The van der Waals surface area contributed by atoms with E-state index < -0.39 is 33.3 Å². The van der Waals surface area contributed by atoms with Crippen molar-refractivity contribution >= 4 is 39.2 Å². The van der Waals surface area contributed by atoms with Crippen LogP contribution in [0.15, 0.2) is 48.6 Å². The van der Waals surface area contributed by atoms with Crippen LogP contribution in [0.5, 0.6) is 5.75 Å². The Kier molecular flexibility index (Phi) is 14.4. The van der Waals surface area contributed by atoms with Crippen molar-refractivity contribution in [3.63, 3.8) is 0 Å². The van der Waals surface area contributed by atoms with Crippen LogP contribution in [-0.2, 0) is 31.4 Å². The molecule has 15 heteroatoms. The number of allylic oxidation sites excluding steroid dienone is 1. The number of halogens is 4. The van der Waals surface area contributed by atoms with Gasteiger partial charge >= 0.3 is 12.1 Å². The van der Waals surface area contributed by atoms with E-state index in [4.69, 9.17) is 31.0 Å². The number of sulfonamides is 1. The lowest BCUT2D eigenvalue weighted by Gasteiger charge is -2.46. The van der Waals surface area contributed by atoms with E-state index in [0.29, 0.717) is 37.0 Å². The molecule has 0 saturated heterocycles. The summed E-state index contributed by atoms with van der Waals surface area (Å²) in [5.41, 5.74) is 3.49. The van der Waals surface area contributed by atoms with E-state index >= 15 is 0 Å². The third kappa shape index (κ3) is 10.3. The van der Waals surface area contributed by atoms with E-state index in [-0.39, 0.29) is 17.4 Å². The number of likely N-dealkylation sites (N-methyl/N-ethyl adjacent to an activating group) is 1. The Morgan fingerprint density at radius 2 is 1.81 bits per heavy atom. The first-order valence-electron chi connectivity index (χ1n) is 20.2. The quantitative estimate of drug-likeness (QED) is 0.214. The number of quaternary nitrogens is 1. The zero-order valence-electron chi connectivity index (χ0n) is 33.6. The first-order chi connectivity index (χ1) is 26.9. The van der Waals surface area contributed by atoms with Crippen LogP contribution in [-0.4, -0.2) is 99.9 Å². The second-order valence-electron chi connectivity index (χ2n) is 16.3. The van der Waals surface area contributed by atoms with Gasteiger partial charge in [-0.05, 0) is 125 Å². The molecule has 0 aromatic heterocycles. The number of anilines is 1. The predicted molar refractivity (Wildman–Crippen MR) is 215 cm³/mol. The number of carboxylic acids is 1. The highest BCUT2D eigenvalue weighted by atomic mass is 35.5. The Bertz CT molecular complexity index is 1880. The molecule has 2 aromatic rings. The number of hydrogen-bond acceptors (Lipinski definition) is 7. The number of carbonyl (C=O) groups excluding carboxylic acids is 1. The molecular formula is C42H58ClF3N3O7S+. The molecule has 1 amide bonds. The van der Waals surface area contributed by atoms with Crippen LogP contribution in [0.4, 0.5) is 18.9 Å². The molecule has 1 fully saturated rings. The summed E-state index contributed by atoms with van der Waals surface area (Å²) in [7, 11) is -3.92. The van der Waals surface area contributed by atoms with Crippen molar-refractivity contribution < 1.29 is 50.2 Å². The van der Waals surface area contributed by atoms with Gasteiger partial charge in [-0.3, -0.25) is 4.79 Å². The summed E-state index contributed by atoms with van der Waals surface area (Å²) in [6.45, 7) is 17.4. The minimum absolute atomic E-state index is 0.0477. The first-order valence-corrected chi connectivity index (χ1v) is 22.1. The number of hydrogen-bond donors (Lipinski definition) is 2. The number of fused-ring (bicyclic) bond motifs is 4. The highest BCUT2D eigenvalue weighted by molar-refractivity contribution is 7.90. The lowest BCUT2D eigenvalue weighted by Crippen LogP contribution is -2.51. The fourth-order valence-corrected chi connectivity index (χ4v) is 10.3. The fraction of sp³-hybridized carbons (Fsp3) is 0.619. The Morgan fingerprint density at radius 1 is 1.11 bits per heavy atom. The molecule has 316 valence electrons. The second-order valence-corrected chi connectivity index (χ2v) is 18.7. The number of aryl methyl sites for hydroxylation is 1. The summed E-state index contributed by atoms with van der Waals surface area (Å²) in [5.74, 6) is -2.09. The number of rotatable bonds is 7. The molecule has 2 bridgehead atoms. The average Bonchev–Trinajstić information content (AvgIpc) is 3.30. The van der Waals surface area contributed by atoms with Crippen LogP contribution in [0, 0.1) is 17.8 Å². The molecule has 57 heavy (non-hydrogen) atoms. The summed E-state index contributed by atoms with van der Waals surface area (Å²) in [6, 6.07) is 11.6. The monoisotopic (exact) mass is 840 g/mol. The van der Waals surface area contributed by atoms with Crippen LogP contribution < -0.4 is 14.4 Å². The van der Waals surface area contributed by atoms with Crippen LogP contribution in [0.25, 0.3) is 0 Å². The molecule has 2 heterocycles. The maximum absolute atomic E-state index is 13.6. The van der Waals surface area contributed by atoms with Crippen molar-refractivity contribution in [1.82, 2.24) is 4.72 Å². The number of aliphatic carboxylic acids is 1. The van der Waals surface area contributed by atoms with E-state index in [1.54, 1.807) is 13.0 Å². The van der Waals surface area contributed by atoms with Crippen LogP contribution in [0.2, 0.25) is 5.02 Å². The minimum Gasteiger partial charge on any atom is -0.490 e. The van der Waals surface area contributed by atoms with Crippen molar-refractivity contribution in [1.29, 1.82) is 0 Å². The zero-order valence-corrected chi connectivity index (χ0v) is 35.2. The van der Waals surface area contributed by atoms with Crippen LogP contribution in [0.1, 0.15) is 88.2 Å². The Labute approximate surface area is 340 Å². The number of benzene rings is 2. The number of carbonyl (C=O) groups is 2. The molecule has 2 aromatic carbocycles. The van der Waals surface area contributed by atoms with Crippen molar-refractivity contribution in [2.24, 2.45) is 17.8 Å². The van der Waals surface area contributed by atoms with Crippen molar-refractivity contribution in [3.05, 3.63) is 70.3 Å². The highest BCUT2D eigenvalue weighted by Crippen LogP contribution is 2.47. The molecule has 2 N–H and O–H groups in total. The van der Waals surface area contributed by atoms with E-state index in [1.165, 1.54) is 11.1 Å². The highest BCUT2D eigenvalue weighted by Gasteiger charge is 2.45. The first kappa shape index (κ1) is 44.8. The molecule has 0 unspecified atom stereocenters. The Balaban J connectivity index is 0.000000811. The molecule has 1 spiro atoms. The molecular weight excluding hydrogens is 783 g/mol. The molecule has 1 saturated carbocycles. The van der Waals surface area contributed by atoms with Gasteiger partial charge in [-0.1, -0.05) is 36.7 Å². The largest absolute Gasteiger partial charge is 0.490 e. The van der Waals surface area contributed by atoms with Crippen molar-refractivity contribution in [2.75, 3.05) is 57.4 Å². The van der Waals surface area contributed by atoms with E-state index in [2.05, 4.69) is 54.7 Å². The molecule has 6 rings (SSSR count). The standard InChI is InChI=1S/C40H56ClN3O5S.C2HF3O2/c1-6-44(7-2,8-3)21-22-48-37-13-9-11-28(4)29(5)50(46,47)42-39(45)31-15-19-38-36(24-31)43(25-32-14-17-34(32)37)26-40(27-49-38)20-10-12-30-23-33(41)16-18-35(30)40;3-2(4,5)1(6)7/h9,13,15-16,18-19,23-24,28-29,32,34,37H,6-8,10-12,14,17,20-22,25-27H2,1-5H3;(H,6,7)/p+1/b13-9+;/t28-,29+,32-,34+,37-,40-;/m0./s1. The van der Waals surface area contributed by atoms with Gasteiger partial charge in [0.25, 0.3) is 5.91 Å². The van der Waals surface area contributed by atoms with Gasteiger partial charge in [0, 0.05) is 29.1 Å². The number of nitrogens with one attached hydrogen (secondary N) is 1.